The van der Waals surface area contributed by atoms with Gasteiger partial charge in [0.15, 0.2) is 0 Å². The monoisotopic (exact) mass is 295 g/mol. The second-order valence-electron chi connectivity index (χ2n) is 3.08. The van der Waals surface area contributed by atoms with E-state index in [1.54, 1.807) is 12.1 Å². The van der Waals surface area contributed by atoms with Gasteiger partial charge in [-0.2, -0.15) is 0 Å². The average Bonchev–Trinajstić information content (AvgIpc) is 2.13. The topological polar surface area (TPSA) is 98.3 Å². The molecule has 7 N–H and O–H groups in total. The van der Waals surface area contributed by atoms with Gasteiger partial charge in [-0.25, -0.2) is 0 Å². The van der Waals surface area contributed by atoms with E-state index in [0.717, 1.165) is 4.47 Å². The van der Waals surface area contributed by atoms with E-state index in [0.29, 0.717) is 24.2 Å². The zero-order valence-corrected chi connectivity index (χ0v) is 10.5. The molecule has 0 spiro atoms. The molecule has 0 aliphatic rings. The summed E-state index contributed by atoms with van der Waals surface area (Å²) in [5, 5.41) is 9.70. The summed E-state index contributed by atoms with van der Waals surface area (Å²) < 4.78 is 0.755. The van der Waals surface area contributed by atoms with Crippen LogP contribution in [-0.4, -0.2) is 11.7 Å². The van der Waals surface area contributed by atoms with E-state index < -0.39 is 0 Å². The number of phenolic OH excluding ortho intramolecular Hbond substituents is 1. The van der Waals surface area contributed by atoms with E-state index >= 15 is 0 Å². The van der Waals surface area contributed by atoms with Crippen LogP contribution in [0.4, 0.5) is 5.69 Å². The van der Waals surface area contributed by atoms with Crippen LogP contribution in [0.3, 0.4) is 0 Å². The van der Waals surface area contributed by atoms with Crippen LogP contribution in [0.2, 0.25) is 0 Å². The van der Waals surface area contributed by atoms with Gasteiger partial charge in [0, 0.05) is 16.1 Å². The maximum absolute atomic E-state index is 9.70. The fraction of sp³-hybridized carbons (Fsp3) is 0.333. The molecule has 1 rings (SSSR count). The summed E-state index contributed by atoms with van der Waals surface area (Å²) in [5.41, 5.74) is 17.8. The molecule has 0 aromatic heterocycles. The maximum Gasteiger partial charge on any atom is 0.144 e. The Morgan fingerprint density at radius 2 is 2.00 bits per heavy atom. The van der Waals surface area contributed by atoms with Crippen molar-refractivity contribution >= 4 is 34.0 Å². The van der Waals surface area contributed by atoms with E-state index in [-0.39, 0.29) is 24.2 Å². The van der Waals surface area contributed by atoms with Crippen molar-refractivity contribution in [2.24, 2.45) is 11.5 Å². The molecule has 0 radical (unpaired) electrons. The first-order chi connectivity index (χ1) is 6.57. The van der Waals surface area contributed by atoms with Crippen LogP contribution in [0.15, 0.2) is 16.6 Å². The normalized spacial score (nSPS) is 11.9. The van der Waals surface area contributed by atoms with Crippen LogP contribution in [-0.2, 0) is 0 Å². The van der Waals surface area contributed by atoms with Crippen molar-refractivity contribution < 1.29 is 5.11 Å². The summed E-state index contributed by atoms with van der Waals surface area (Å²) in [4.78, 5) is 0. The molecule has 0 bridgehead atoms. The number of aromatic hydroxyl groups is 1. The van der Waals surface area contributed by atoms with Gasteiger partial charge in [-0.1, -0.05) is 15.9 Å². The van der Waals surface area contributed by atoms with Crippen LogP contribution in [0.5, 0.6) is 5.75 Å². The van der Waals surface area contributed by atoms with Gasteiger partial charge < -0.3 is 22.3 Å². The van der Waals surface area contributed by atoms with Crippen molar-refractivity contribution in [3.05, 3.63) is 22.2 Å². The van der Waals surface area contributed by atoms with Gasteiger partial charge in [-0.3, -0.25) is 0 Å². The lowest BCUT2D eigenvalue weighted by atomic mass is 10.0. The van der Waals surface area contributed by atoms with Crippen LogP contribution in [0.1, 0.15) is 18.0 Å². The van der Waals surface area contributed by atoms with Crippen molar-refractivity contribution in [1.29, 1.82) is 0 Å². The highest BCUT2D eigenvalue weighted by Crippen LogP contribution is 2.36. The number of halogens is 2. The van der Waals surface area contributed by atoms with E-state index in [1.807, 2.05) is 0 Å². The zero-order chi connectivity index (χ0) is 10.7. The van der Waals surface area contributed by atoms with Crippen LogP contribution in [0, 0.1) is 0 Å². The lowest BCUT2D eigenvalue weighted by molar-refractivity contribution is 0.461. The molecular formula is C9H15BrClN3O. The summed E-state index contributed by atoms with van der Waals surface area (Å²) in [6.45, 7) is 0.474. The number of rotatable bonds is 3. The second kappa shape index (κ2) is 6.17. The van der Waals surface area contributed by atoms with Crippen LogP contribution < -0.4 is 17.2 Å². The zero-order valence-electron chi connectivity index (χ0n) is 8.11. The standard InChI is InChI=1S/C9H14BrN3O.ClH/c10-5-1-2-7(13)9(14)8(5)6(12)3-4-11;/h1-2,6,14H,3-4,11-13H2;1H/t6-;/m0./s1. The predicted molar refractivity (Wildman–Crippen MR) is 68.1 cm³/mol. The molecule has 0 aliphatic carbocycles. The number of anilines is 1. The van der Waals surface area contributed by atoms with Crippen molar-refractivity contribution in [2.45, 2.75) is 12.5 Å². The van der Waals surface area contributed by atoms with Gasteiger partial charge >= 0.3 is 0 Å². The Morgan fingerprint density at radius 1 is 1.40 bits per heavy atom. The Balaban J connectivity index is 0.00000196. The van der Waals surface area contributed by atoms with Gasteiger partial charge in [0.05, 0.1) is 5.69 Å². The molecule has 0 amide bonds. The highest BCUT2D eigenvalue weighted by molar-refractivity contribution is 9.10. The summed E-state index contributed by atoms with van der Waals surface area (Å²) in [5.74, 6) is 0.0420. The second-order valence-corrected chi connectivity index (χ2v) is 3.94. The first-order valence-corrected chi connectivity index (χ1v) is 5.09. The molecule has 1 aromatic rings. The molecule has 0 heterocycles. The Morgan fingerprint density at radius 3 is 2.53 bits per heavy atom. The number of nitrogen functional groups attached to an aromatic ring is 1. The highest BCUT2D eigenvalue weighted by Gasteiger charge is 2.15. The minimum Gasteiger partial charge on any atom is -0.505 e. The van der Waals surface area contributed by atoms with Gasteiger partial charge in [0.2, 0.25) is 0 Å². The predicted octanol–water partition coefficient (Wildman–Crippen LogP) is 1.51. The summed E-state index contributed by atoms with van der Waals surface area (Å²) in [6.07, 6.45) is 0.607. The van der Waals surface area contributed by atoms with Crippen molar-refractivity contribution in [3.8, 4) is 5.75 Å². The summed E-state index contributed by atoms with van der Waals surface area (Å²) in [6, 6.07) is 3.09. The Bertz CT molecular complexity index is 335. The third kappa shape index (κ3) is 3.24. The first-order valence-electron chi connectivity index (χ1n) is 4.30. The van der Waals surface area contributed by atoms with Gasteiger partial charge in [0.25, 0.3) is 0 Å². The lowest BCUT2D eigenvalue weighted by Crippen LogP contribution is -2.16. The third-order valence-electron chi connectivity index (χ3n) is 2.04. The molecule has 0 saturated heterocycles. The smallest absolute Gasteiger partial charge is 0.144 e. The average molecular weight is 297 g/mol. The molecule has 0 aliphatic heterocycles. The third-order valence-corrected chi connectivity index (χ3v) is 2.74. The van der Waals surface area contributed by atoms with Crippen molar-refractivity contribution in [1.82, 2.24) is 0 Å². The van der Waals surface area contributed by atoms with Crippen LogP contribution in [0.25, 0.3) is 0 Å². The fourth-order valence-electron chi connectivity index (χ4n) is 1.28. The molecule has 86 valence electrons. The molecular weight excluding hydrogens is 281 g/mol. The van der Waals surface area contributed by atoms with E-state index in [9.17, 15) is 5.11 Å². The van der Waals surface area contributed by atoms with Gasteiger partial charge in [-0.15, -0.1) is 12.4 Å². The van der Waals surface area contributed by atoms with Crippen molar-refractivity contribution in [2.75, 3.05) is 12.3 Å². The molecule has 6 heteroatoms. The molecule has 1 atom stereocenters. The van der Waals surface area contributed by atoms with E-state index in [2.05, 4.69) is 15.9 Å². The SMILES string of the molecule is Cl.NCC[C@H](N)c1c(Br)ccc(N)c1O. The summed E-state index contributed by atoms with van der Waals surface area (Å²) >= 11 is 3.32. The highest BCUT2D eigenvalue weighted by atomic mass is 79.9. The molecule has 15 heavy (non-hydrogen) atoms. The first kappa shape index (κ1) is 14.5. The summed E-state index contributed by atoms with van der Waals surface area (Å²) in [7, 11) is 0. The lowest BCUT2D eigenvalue weighted by Gasteiger charge is -2.15. The Kier molecular flexibility index (Phi) is 5.97. The quantitative estimate of drug-likeness (QED) is 0.502. The molecule has 0 unspecified atom stereocenters. The number of phenols is 1. The minimum absolute atomic E-state index is 0. The number of nitrogens with two attached hydrogens (primary N) is 3. The largest absolute Gasteiger partial charge is 0.505 e. The van der Waals surface area contributed by atoms with Gasteiger partial charge in [-0.05, 0) is 25.1 Å². The number of benzene rings is 1. The molecule has 1 aromatic carbocycles. The maximum atomic E-state index is 9.70. The molecule has 4 nitrogen and oxygen atoms in total. The van der Waals surface area contributed by atoms with Gasteiger partial charge in [0.1, 0.15) is 5.75 Å². The number of hydrogen-bond donors (Lipinski definition) is 4. The molecule has 0 saturated carbocycles. The Labute approximate surface area is 103 Å². The van der Waals surface area contributed by atoms with Crippen molar-refractivity contribution in [3.63, 3.8) is 0 Å². The van der Waals surface area contributed by atoms with E-state index in [4.69, 9.17) is 17.2 Å². The minimum atomic E-state index is -0.294. The van der Waals surface area contributed by atoms with Crippen LogP contribution >= 0.6 is 28.3 Å². The fourth-order valence-corrected chi connectivity index (χ4v) is 1.89. The number of hydrogen-bond acceptors (Lipinski definition) is 4. The molecule has 0 fully saturated rings. The Hall–Kier alpha value is -0.490. The van der Waals surface area contributed by atoms with E-state index in [1.165, 1.54) is 0 Å².